The zero-order valence-corrected chi connectivity index (χ0v) is 17.0. The monoisotopic (exact) mass is 394 g/mol. The van der Waals surface area contributed by atoms with Gasteiger partial charge in [-0.05, 0) is 49.6 Å². The van der Waals surface area contributed by atoms with Gasteiger partial charge in [-0.25, -0.2) is 0 Å². The van der Waals surface area contributed by atoms with E-state index in [9.17, 15) is 9.59 Å². The Hall–Kier alpha value is -2.99. The number of hydrogen-bond donors (Lipinski definition) is 0. The summed E-state index contributed by atoms with van der Waals surface area (Å²) in [6.45, 7) is 6.12. The first-order valence-electron chi connectivity index (χ1n) is 9.06. The van der Waals surface area contributed by atoms with Gasteiger partial charge in [0.1, 0.15) is 6.54 Å². The lowest BCUT2D eigenvalue weighted by molar-refractivity contribution is -0.143. The topological polar surface area (TPSA) is 60.7 Å². The van der Waals surface area contributed by atoms with Gasteiger partial charge < -0.3 is 9.30 Å². The zero-order chi connectivity index (χ0) is 20.1. The maximum absolute atomic E-state index is 12.4. The number of carbonyl (C=O) groups is 2. The largest absolute Gasteiger partial charge is 0.465 e. The molecular formula is C22H22N2O3S. The average Bonchev–Trinajstić information content (AvgIpc) is 2.99. The summed E-state index contributed by atoms with van der Waals surface area (Å²) in [6.07, 6.45) is 3.16. The van der Waals surface area contributed by atoms with Gasteiger partial charge >= 0.3 is 5.97 Å². The summed E-state index contributed by atoms with van der Waals surface area (Å²) in [5, 5.41) is 0. The third kappa shape index (κ3) is 4.64. The fourth-order valence-corrected chi connectivity index (χ4v) is 4.03. The van der Waals surface area contributed by atoms with Crippen LogP contribution in [-0.2, 0) is 20.9 Å². The van der Waals surface area contributed by atoms with Gasteiger partial charge in [0.15, 0.2) is 4.80 Å². The molecule has 3 aromatic rings. The summed E-state index contributed by atoms with van der Waals surface area (Å²) in [5.74, 6) is -0.725. The number of aryl methyl sites for hydroxylation is 2. The molecule has 0 aliphatic carbocycles. The molecule has 0 unspecified atom stereocenters. The Labute approximate surface area is 167 Å². The van der Waals surface area contributed by atoms with Gasteiger partial charge in [-0.3, -0.25) is 9.59 Å². The molecule has 0 aliphatic heterocycles. The second-order valence-corrected chi connectivity index (χ2v) is 7.38. The lowest BCUT2D eigenvalue weighted by Gasteiger charge is -2.06. The highest BCUT2D eigenvalue weighted by atomic mass is 32.1. The Morgan fingerprint density at radius 1 is 1.18 bits per heavy atom. The molecule has 3 rings (SSSR count). The molecule has 0 N–H and O–H groups in total. The summed E-state index contributed by atoms with van der Waals surface area (Å²) >= 11 is 1.40. The third-order valence-corrected chi connectivity index (χ3v) is 5.36. The van der Waals surface area contributed by atoms with E-state index in [0.29, 0.717) is 11.4 Å². The average molecular weight is 394 g/mol. The van der Waals surface area contributed by atoms with Gasteiger partial charge in [-0.1, -0.05) is 47.7 Å². The minimum Gasteiger partial charge on any atom is -0.465 e. The number of rotatable bonds is 5. The Balaban J connectivity index is 2.04. The van der Waals surface area contributed by atoms with Crippen molar-refractivity contribution in [2.45, 2.75) is 27.3 Å². The Kier molecular flexibility index (Phi) is 6.21. The summed E-state index contributed by atoms with van der Waals surface area (Å²) in [4.78, 5) is 29.2. The molecule has 6 heteroatoms. The number of esters is 1. The van der Waals surface area contributed by atoms with Gasteiger partial charge in [0.05, 0.1) is 16.8 Å². The van der Waals surface area contributed by atoms with Crippen LogP contribution in [0.4, 0.5) is 0 Å². The second kappa shape index (κ2) is 8.80. The maximum Gasteiger partial charge on any atom is 0.326 e. The minimum atomic E-state index is -0.373. The Morgan fingerprint density at radius 3 is 2.64 bits per heavy atom. The number of benzene rings is 2. The van der Waals surface area contributed by atoms with Gasteiger partial charge in [-0.15, -0.1) is 0 Å². The lowest BCUT2D eigenvalue weighted by Crippen LogP contribution is -2.22. The molecule has 5 nitrogen and oxygen atoms in total. The summed E-state index contributed by atoms with van der Waals surface area (Å²) in [7, 11) is 0. The van der Waals surface area contributed by atoms with E-state index in [4.69, 9.17) is 4.74 Å². The van der Waals surface area contributed by atoms with Crippen molar-refractivity contribution in [2.24, 2.45) is 4.99 Å². The van der Waals surface area contributed by atoms with Gasteiger partial charge in [0.2, 0.25) is 0 Å². The summed E-state index contributed by atoms with van der Waals surface area (Å²) < 4.78 is 7.86. The zero-order valence-electron chi connectivity index (χ0n) is 16.1. The number of hydrogen-bond acceptors (Lipinski definition) is 4. The fourth-order valence-electron chi connectivity index (χ4n) is 2.95. The molecule has 28 heavy (non-hydrogen) atoms. The van der Waals surface area contributed by atoms with E-state index >= 15 is 0 Å². The van der Waals surface area contributed by atoms with E-state index in [-0.39, 0.29) is 18.4 Å². The molecule has 144 valence electrons. The van der Waals surface area contributed by atoms with E-state index < -0.39 is 0 Å². The van der Waals surface area contributed by atoms with E-state index in [0.717, 1.165) is 26.9 Å². The molecule has 0 saturated heterocycles. The SMILES string of the molecule is CCOC(=O)Cn1c(=NC(=O)/C=C/c2ccccc2)sc2c(C)cc(C)cc21. The van der Waals surface area contributed by atoms with Crippen LogP contribution in [0.25, 0.3) is 16.3 Å². The van der Waals surface area contributed by atoms with Gasteiger partial charge in [0, 0.05) is 6.08 Å². The molecule has 0 radical (unpaired) electrons. The van der Waals surface area contributed by atoms with Crippen molar-refractivity contribution < 1.29 is 14.3 Å². The number of aromatic nitrogens is 1. The van der Waals surface area contributed by atoms with Crippen molar-refractivity contribution in [3.63, 3.8) is 0 Å². The van der Waals surface area contributed by atoms with E-state index in [2.05, 4.69) is 11.1 Å². The van der Waals surface area contributed by atoms with Crippen molar-refractivity contribution >= 4 is 39.5 Å². The highest BCUT2D eigenvalue weighted by Crippen LogP contribution is 2.23. The number of fused-ring (bicyclic) bond motifs is 1. The molecule has 0 fully saturated rings. The van der Waals surface area contributed by atoms with Crippen LogP contribution >= 0.6 is 11.3 Å². The number of amides is 1. The number of carbonyl (C=O) groups excluding carboxylic acids is 2. The highest BCUT2D eigenvalue weighted by molar-refractivity contribution is 7.16. The first kappa shape index (κ1) is 19.8. The van der Waals surface area contributed by atoms with Crippen LogP contribution in [0.5, 0.6) is 0 Å². The van der Waals surface area contributed by atoms with Crippen molar-refractivity contribution in [1.82, 2.24) is 4.57 Å². The fraction of sp³-hybridized carbons (Fsp3) is 0.227. The molecule has 2 aromatic carbocycles. The van der Waals surface area contributed by atoms with E-state index in [1.165, 1.54) is 17.4 Å². The van der Waals surface area contributed by atoms with Crippen molar-refractivity contribution in [2.75, 3.05) is 6.61 Å². The minimum absolute atomic E-state index is 0.0191. The van der Waals surface area contributed by atoms with Crippen molar-refractivity contribution in [3.8, 4) is 0 Å². The predicted molar refractivity (Wildman–Crippen MR) is 112 cm³/mol. The standard InChI is InChI=1S/C22H22N2O3S/c1-4-27-20(26)14-24-18-13-15(2)12-16(3)21(18)28-22(24)23-19(25)11-10-17-8-6-5-7-9-17/h5-13H,4,14H2,1-3H3/b11-10+,23-22?. The highest BCUT2D eigenvalue weighted by Gasteiger charge is 2.13. The van der Waals surface area contributed by atoms with Crippen LogP contribution in [0, 0.1) is 13.8 Å². The molecule has 0 atom stereocenters. The van der Waals surface area contributed by atoms with Crippen molar-refractivity contribution in [3.05, 3.63) is 70.0 Å². The van der Waals surface area contributed by atoms with Crippen molar-refractivity contribution in [1.29, 1.82) is 0 Å². The number of nitrogens with zero attached hydrogens (tertiary/aromatic N) is 2. The second-order valence-electron chi connectivity index (χ2n) is 6.40. The predicted octanol–water partition coefficient (Wildman–Crippen LogP) is 4.02. The molecule has 0 bridgehead atoms. The maximum atomic E-state index is 12.4. The molecule has 1 heterocycles. The summed E-state index contributed by atoms with van der Waals surface area (Å²) in [6, 6.07) is 13.6. The molecular weight excluding hydrogens is 372 g/mol. The van der Waals surface area contributed by atoms with Gasteiger partial charge in [0.25, 0.3) is 5.91 Å². The number of thiazole rings is 1. The van der Waals surface area contributed by atoms with Crippen LogP contribution < -0.4 is 4.80 Å². The van der Waals surface area contributed by atoms with Gasteiger partial charge in [-0.2, -0.15) is 4.99 Å². The van der Waals surface area contributed by atoms with Crippen LogP contribution in [0.3, 0.4) is 0 Å². The quantitative estimate of drug-likeness (QED) is 0.485. The molecule has 1 aromatic heterocycles. The Bertz CT molecular complexity index is 1110. The lowest BCUT2D eigenvalue weighted by atomic mass is 10.1. The third-order valence-electron chi connectivity index (χ3n) is 4.13. The van der Waals surface area contributed by atoms with Crippen LogP contribution in [-0.4, -0.2) is 23.1 Å². The smallest absolute Gasteiger partial charge is 0.326 e. The summed E-state index contributed by atoms with van der Waals surface area (Å²) in [5.41, 5.74) is 3.98. The Morgan fingerprint density at radius 2 is 1.93 bits per heavy atom. The normalized spacial score (nSPS) is 12.0. The first-order valence-corrected chi connectivity index (χ1v) is 9.87. The van der Waals surface area contributed by atoms with Crippen LogP contribution in [0.1, 0.15) is 23.6 Å². The number of ether oxygens (including phenoxy) is 1. The molecule has 0 aliphatic rings. The van der Waals surface area contributed by atoms with E-state index in [1.54, 1.807) is 17.6 Å². The molecule has 1 amide bonds. The van der Waals surface area contributed by atoms with Crippen LogP contribution in [0.15, 0.2) is 53.5 Å². The van der Waals surface area contributed by atoms with Crippen LogP contribution in [0.2, 0.25) is 0 Å². The van der Waals surface area contributed by atoms with E-state index in [1.807, 2.05) is 50.2 Å². The first-order chi connectivity index (χ1) is 13.5. The molecule has 0 saturated carbocycles. The molecule has 0 spiro atoms.